The number of hydrogen-bond donors (Lipinski definition) is 1. The first-order valence-electron chi connectivity index (χ1n) is 9.38. The van der Waals surface area contributed by atoms with Crippen molar-refractivity contribution in [2.75, 3.05) is 18.5 Å². The quantitative estimate of drug-likeness (QED) is 0.612. The Morgan fingerprint density at radius 2 is 1.97 bits per heavy atom. The fourth-order valence-electron chi connectivity index (χ4n) is 2.84. The van der Waals surface area contributed by atoms with E-state index in [1.165, 1.54) is 6.20 Å². The fourth-order valence-corrected chi connectivity index (χ4v) is 2.84. The SMILES string of the molecule is Cc1cc(C(C)n2cc3c(NCC(C)C)nccc3n2)ncc1OCC(F)(F)F. The van der Waals surface area contributed by atoms with Crippen LogP contribution in [0, 0.1) is 12.8 Å². The summed E-state index contributed by atoms with van der Waals surface area (Å²) in [6, 6.07) is 3.35. The molecule has 0 saturated heterocycles. The Hall–Kier alpha value is -2.84. The van der Waals surface area contributed by atoms with Gasteiger partial charge in [-0.15, -0.1) is 0 Å². The summed E-state index contributed by atoms with van der Waals surface area (Å²) >= 11 is 0. The van der Waals surface area contributed by atoms with Crippen LogP contribution in [0.3, 0.4) is 0 Å². The number of rotatable bonds is 7. The van der Waals surface area contributed by atoms with Gasteiger partial charge in [0.15, 0.2) is 6.61 Å². The van der Waals surface area contributed by atoms with Crippen LogP contribution in [0.4, 0.5) is 19.0 Å². The highest BCUT2D eigenvalue weighted by atomic mass is 19.4. The molecule has 0 amide bonds. The number of aryl methyl sites for hydroxylation is 1. The third kappa shape index (κ3) is 5.16. The van der Waals surface area contributed by atoms with Crippen molar-refractivity contribution < 1.29 is 17.9 Å². The van der Waals surface area contributed by atoms with Crippen LogP contribution in [-0.4, -0.2) is 39.1 Å². The molecular formula is C20H24F3N5O. The third-order valence-corrected chi connectivity index (χ3v) is 4.43. The van der Waals surface area contributed by atoms with Crippen molar-refractivity contribution in [2.45, 2.75) is 39.9 Å². The van der Waals surface area contributed by atoms with E-state index in [2.05, 4.69) is 34.2 Å². The Bertz CT molecular complexity index is 984. The minimum absolute atomic E-state index is 0.119. The molecule has 6 nitrogen and oxygen atoms in total. The van der Waals surface area contributed by atoms with Crippen molar-refractivity contribution in [1.82, 2.24) is 19.7 Å². The first-order chi connectivity index (χ1) is 13.6. The molecular weight excluding hydrogens is 383 g/mol. The minimum Gasteiger partial charge on any atom is -0.482 e. The van der Waals surface area contributed by atoms with Gasteiger partial charge in [-0.05, 0) is 37.5 Å². The molecule has 29 heavy (non-hydrogen) atoms. The van der Waals surface area contributed by atoms with E-state index in [1.54, 1.807) is 23.9 Å². The van der Waals surface area contributed by atoms with E-state index in [9.17, 15) is 13.2 Å². The molecule has 0 aliphatic rings. The topological polar surface area (TPSA) is 64.9 Å². The second-order valence-corrected chi connectivity index (χ2v) is 7.43. The smallest absolute Gasteiger partial charge is 0.422 e. The zero-order valence-corrected chi connectivity index (χ0v) is 16.8. The first kappa shape index (κ1) is 20.9. The van der Waals surface area contributed by atoms with Crippen LogP contribution in [0.5, 0.6) is 5.75 Å². The van der Waals surface area contributed by atoms with Gasteiger partial charge in [-0.1, -0.05) is 13.8 Å². The van der Waals surface area contributed by atoms with Gasteiger partial charge < -0.3 is 10.1 Å². The minimum atomic E-state index is -4.39. The van der Waals surface area contributed by atoms with Crippen LogP contribution < -0.4 is 10.1 Å². The second kappa shape index (κ2) is 8.26. The standard InChI is InChI=1S/C20H24F3N5O/c1-12(2)8-26-19-15-10-28(27-16(15)5-6-24-19)14(4)17-7-13(3)18(9-25-17)29-11-20(21,22)23/h5-7,9-10,12,14H,8,11H2,1-4H3,(H,24,26). The molecule has 3 heterocycles. The normalized spacial score (nSPS) is 13.1. The molecule has 3 aromatic heterocycles. The lowest BCUT2D eigenvalue weighted by atomic mass is 10.1. The average Bonchev–Trinajstić information content (AvgIpc) is 3.08. The molecule has 1 N–H and O–H groups in total. The predicted octanol–water partition coefficient (Wildman–Crippen LogP) is 4.75. The molecule has 0 aliphatic heterocycles. The largest absolute Gasteiger partial charge is 0.482 e. The maximum atomic E-state index is 12.4. The Kier molecular flexibility index (Phi) is 5.95. The number of fused-ring (bicyclic) bond motifs is 1. The van der Waals surface area contributed by atoms with Crippen molar-refractivity contribution in [3.05, 3.63) is 42.0 Å². The lowest BCUT2D eigenvalue weighted by Crippen LogP contribution is -2.19. The number of nitrogens with one attached hydrogen (secondary N) is 1. The summed E-state index contributed by atoms with van der Waals surface area (Å²) in [6.07, 6.45) is 0.555. The molecule has 0 aromatic carbocycles. The van der Waals surface area contributed by atoms with Gasteiger partial charge in [0.1, 0.15) is 11.6 Å². The van der Waals surface area contributed by atoms with Gasteiger partial charge >= 0.3 is 6.18 Å². The molecule has 1 atom stereocenters. The fraction of sp³-hybridized carbons (Fsp3) is 0.450. The summed E-state index contributed by atoms with van der Waals surface area (Å²) in [7, 11) is 0. The van der Waals surface area contributed by atoms with Gasteiger partial charge in [0.2, 0.25) is 0 Å². The van der Waals surface area contributed by atoms with Gasteiger partial charge in [0, 0.05) is 18.9 Å². The summed E-state index contributed by atoms with van der Waals surface area (Å²) in [5.74, 6) is 1.37. The molecule has 0 saturated carbocycles. The monoisotopic (exact) mass is 407 g/mol. The number of halogens is 3. The first-order valence-corrected chi connectivity index (χ1v) is 9.38. The summed E-state index contributed by atoms with van der Waals surface area (Å²) in [6.45, 7) is 7.32. The van der Waals surface area contributed by atoms with Gasteiger partial charge in [-0.25, -0.2) is 4.98 Å². The number of alkyl halides is 3. The highest BCUT2D eigenvalue weighted by molar-refractivity contribution is 5.88. The van der Waals surface area contributed by atoms with Crippen molar-refractivity contribution in [2.24, 2.45) is 5.92 Å². The highest BCUT2D eigenvalue weighted by Gasteiger charge is 2.28. The zero-order chi connectivity index (χ0) is 21.2. The van der Waals surface area contributed by atoms with E-state index in [-0.39, 0.29) is 11.8 Å². The average molecular weight is 407 g/mol. The molecule has 0 spiro atoms. The molecule has 0 radical (unpaired) electrons. The van der Waals surface area contributed by atoms with E-state index >= 15 is 0 Å². The Morgan fingerprint density at radius 1 is 1.21 bits per heavy atom. The van der Waals surface area contributed by atoms with Crippen LogP contribution in [0.2, 0.25) is 0 Å². The van der Waals surface area contributed by atoms with E-state index in [0.29, 0.717) is 17.2 Å². The predicted molar refractivity (Wildman–Crippen MR) is 105 cm³/mol. The number of ether oxygens (including phenoxy) is 1. The lowest BCUT2D eigenvalue weighted by molar-refractivity contribution is -0.153. The molecule has 0 bridgehead atoms. The number of pyridine rings is 2. The molecule has 9 heteroatoms. The van der Waals surface area contributed by atoms with Gasteiger partial charge in [0.05, 0.1) is 28.8 Å². The number of aromatic nitrogens is 4. The van der Waals surface area contributed by atoms with Gasteiger partial charge in [-0.3, -0.25) is 9.67 Å². The van der Waals surface area contributed by atoms with Gasteiger partial charge in [0.25, 0.3) is 0 Å². The van der Waals surface area contributed by atoms with Crippen molar-refractivity contribution >= 4 is 16.7 Å². The Labute approximate surface area is 167 Å². The maximum Gasteiger partial charge on any atom is 0.422 e. The highest BCUT2D eigenvalue weighted by Crippen LogP contribution is 2.27. The molecule has 1 unspecified atom stereocenters. The molecule has 0 aliphatic carbocycles. The van der Waals surface area contributed by atoms with Crippen LogP contribution in [0.1, 0.15) is 38.1 Å². The van der Waals surface area contributed by atoms with Crippen LogP contribution >= 0.6 is 0 Å². The molecule has 3 rings (SSSR count). The summed E-state index contributed by atoms with van der Waals surface area (Å²) < 4.78 is 43.7. The van der Waals surface area contributed by atoms with E-state index < -0.39 is 12.8 Å². The molecule has 3 aromatic rings. The van der Waals surface area contributed by atoms with Crippen LogP contribution in [0.25, 0.3) is 10.9 Å². The zero-order valence-electron chi connectivity index (χ0n) is 16.8. The maximum absolute atomic E-state index is 12.4. The van der Waals surface area contributed by atoms with E-state index in [0.717, 1.165) is 23.3 Å². The van der Waals surface area contributed by atoms with Crippen LogP contribution in [-0.2, 0) is 0 Å². The lowest BCUT2D eigenvalue weighted by Gasteiger charge is -2.15. The summed E-state index contributed by atoms with van der Waals surface area (Å²) in [5, 5.41) is 8.85. The van der Waals surface area contributed by atoms with Crippen molar-refractivity contribution in [3.63, 3.8) is 0 Å². The second-order valence-electron chi connectivity index (χ2n) is 7.43. The summed E-state index contributed by atoms with van der Waals surface area (Å²) in [5.41, 5.74) is 2.07. The third-order valence-electron chi connectivity index (χ3n) is 4.43. The van der Waals surface area contributed by atoms with Crippen molar-refractivity contribution in [3.8, 4) is 5.75 Å². The Morgan fingerprint density at radius 3 is 2.62 bits per heavy atom. The van der Waals surface area contributed by atoms with E-state index in [1.807, 2.05) is 19.2 Å². The van der Waals surface area contributed by atoms with Gasteiger partial charge in [-0.2, -0.15) is 18.3 Å². The van der Waals surface area contributed by atoms with Crippen LogP contribution in [0.15, 0.2) is 30.7 Å². The number of anilines is 1. The number of nitrogens with zero attached hydrogens (tertiary/aromatic N) is 4. The number of hydrogen-bond acceptors (Lipinski definition) is 5. The summed E-state index contributed by atoms with van der Waals surface area (Å²) in [4.78, 5) is 8.69. The molecule has 156 valence electrons. The van der Waals surface area contributed by atoms with E-state index in [4.69, 9.17) is 4.74 Å². The molecule has 0 fully saturated rings. The van der Waals surface area contributed by atoms with Crippen molar-refractivity contribution in [1.29, 1.82) is 0 Å². The Balaban J connectivity index is 1.83.